The van der Waals surface area contributed by atoms with E-state index in [2.05, 4.69) is 29.6 Å². The van der Waals surface area contributed by atoms with Crippen molar-refractivity contribution in [1.82, 2.24) is 5.32 Å². The van der Waals surface area contributed by atoms with Crippen LogP contribution in [0.15, 0.2) is 42.5 Å². The average molecular weight is 347 g/mol. The molecule has 0 spiro atoms. The summed E-state index contributed by atoms with van der Waals surface area (Å²) in [7, 11) is -3.44. The van der Waals surface area contributed by atoms with Crippen LogP contribution in [0, 0.1) is 0 Å². The van der Waals surface area contributed by atoms with Gasteiger partial charge in [0.2, 0.25) is 5.91 Å². The van der Waals surface area contributed by atoms with Crippen molar-refractivity contribution in [2.24, 2.45) is 0 Å². The number of hydrogen-bond acceptors (Lipinski definition) is 3. The maximum Gasteiger partial charge on any atom is 0.238 e. The minimum Gasteiger partial charge on any atom is -0.352 e. The lowest BCUT2D eigenvalue weighted by atomic mass is 10.0. The monoisotopic (exact) mass is 347 g/mol. The van der Waals surface area contributed by atoms with E-state index >= 15 is 0 Å². The standard InChI is InChI=1S/C19H25NO3S/c1-13(2)24(22,23)15(4)19(21)20-14(3)11-16-9-10-17-7-5-6-8-18(17)12-16/h5-10,12-15H,11H2,1-4H3,(H,20,21)/t14-,15-/m0/s1. The van der Waals surface area contributed by atoms with Crippen LogP contribution in [0.1, 0.15) is 33.3 Å². The summed E-state index contributed by atoms with van der Waals surface area (Å²) in [6, 6.07) is 14.2. The summed E-state index contributed by atoms with van der Waals surface area (Å²) in [5.41, 5.74) is 1.11. The molecular weight excluding hydrogens is 322 g/mol. The van der Waals surface area contributed by atoms with Gasteiger partial charge in [-0.25, -0.2) is 8.42 Å². The Hall–Kier alpha value is -1.88. The first-order chi connectivity index (χ1) is 11.2. The van der Waals surface area contributed by atoms with Gasteiger partial charge in [-0.3, -0.25) is 4.79 Å². The zero-order valence-electron chi connectivity index (χ0n) is 14.6. The largest absolute Gasteiger partial charge is 0.352 e. The number of carbonyl (C=O) groups is 1. The normalized spacial score (nSPS) is 14.5. The Labute approximate surface area is 144 Å². The number of sulfone groups is 1. The predicted octanol–water partition coefficient (Wildman–Crippen LogP) is 3.10. The molecule has 24 heavy (non-hydrogen) atoms. The van der Waals surface area contributed by atoms with Crippen molar-refractivity contribution in [3.8, 4) is 0 Å². The second-order valence-corrected chi connectivity index (χ2v) is 9.40. The number of amides is 1. The van der Waals surface area contributed by atoms with E-state index in [0.717, 1.165) is 10.9 Å². The fourth-order valence-electron chi connectivity index (χ4n) is 2.69. The molecule has 2 aromatic carbocycles. The summed E-state index contributed by atoms with van der Waals surface area (Å²) < 4.78 is 24.2. The summed E-state index contributed by atoms with van der Waals surface area (Å²) in [4.78, 5) is 12.2. The average Bonchev–Trinajstić information content (AvgIpc) is 2.53. The Kier molecular flexibility index (Phi) is 5.65. The van der Waals surface area contributed by atoms with E-state index in [0.29, 0.717) is 6.42 Å². The Morgan fingerprint density at radius 2 is 1.62 bits per heavy atom. The smallest absolute Gasteiger partial charge is 0.238 e. The first-order valence-electron chi connectivity index (χ1n) is 8.22. The molecule has 0 aliphatic carbocycles. The van der Waals surface area contributed by atoms with E-state index in [-0.39, 0.29) is 6.04 Å². The SMILES string of the molecule is CC(C)S(=O)(=O)[C@@H](C)C(=O)N[C@@H](C)Cc1ccc2ccccc2c1. The second-order valence-electron chi connectivity index (χ2n) is 6.58. The van der Waals surface area contributed by atoms with Crippen LogP contribution in [0.4, 0.5) is 0 Å². The van der Waals surface area contributed by atoms with Gasteiger partial charge in [0, 0.05) is 6.04 Å². The molecule has 2 aromatic rings. The van der Waals surface area contributed by atoms with E-state index in [4.69, 9.17) is 0 Å². The summed E-state index contributed by atoms with van der Waals surface area (Å²) in [5, 5.41) is 3.56. The van der Waals surface area contributed by atoms with Gasteiger partial charge in [0.15, 0.2) is 9.84 Å². The Balaban J connectivity index is 2.04. The molecule has 5 heteroatoms. The number of carbonyl (C=O) groups excluding carboxylic acids is 1. The van der Waals surface area contributed by atoms with Crippen molar-refractivity contribution in [2.75, 3.05) is 0 Å². The highest BCUT2D eigenvalue weighted by Crippen LogP contribution is 2.17. The van der Waals surface area contributed by atoms with Crippen LogP contribution in [0.3, 0.4) is 0 Å². The lowest BCUT2D eigenvalue weighted by Crippen LogP contribution is -2.44. The van der Waals surface area contributed by atoms with Crippen LogP contribution >= 0.6 is 0 Å². The van der Waals surface area contributed by atoms with Crippen LogP contribution in [-0.2, 0) is 21.1 Å². The zero-order chi connectivity index (χ0) is 17.9. The number of fused-ring (bicyclic) bond motifs is 1. The highest BCUT2D eigenvalue weighted by molar-refractivity contribution is 7.93. The molecule has 2 atom stereocenters. The summed E-state index contributed by atoms with van der Waals surface area (Å²) in [6.07, 6.45) is 0.658. The van der Waals surface area contributed by atoms with Gasteiger partial charge in [-0.2, -0.15) is 0 Å². The third-order valence-electron chi connectivity index (χ3n) is 4.26. The lowest BCUT2D eigenvalue weighted by molar-refractivity contribution is -0.121. The van der Waals surface area contributed by atoms with E-state index < -0.39 is 26.2 Å². The Morgan fingerprint density at radius 3 is 2.25 bits per heavy atom. The van der Waals surface area contributed by atoms with E-state index in [1.54, 1.807) is 13.8 Å². The second kappa shape index (κ2) is 7.34. The molecule has 0 aromatic heterocycles. The highest BCUT2D eigenvalue weighted by atomic mass is 32.2. The molecule has 1 N–H and O–H groups in total. The quantitative estimate of drug-likeness (QED) is 0.873. The van der Waals surface area contributed by atoms with E-state index in [9.17, 15) is 13.2 Å². The number of hydrogen-bond donors (Lipinski definition) is 1. The molecule has 0 saturated heterocycles. The van der Waals surface area contributed by atoms with E-state index in [1.165, 1.54) is 12.3 Å². The van der Waals surface area contributed by atoms with Gasteiger partial charge in [0.25, 0.3) is 0 Å². The van der Waals surface area contributed by atoms with Gasteiger partial charge in [0.1, 0.15) is 5.25 Å². The van der Waals surface area contributed by atoms with E-state index in [1.807, 2.05) is 25.1 Å². The molecule has 1 amide bonds. The molecule has 0 aliphatic rings. The lowest BCUT2D eigenvalue weighted by Gasteiger charge is -2.19. The van der Waals surface area contributed by atoms with Crippen LogP contribution < -0.4 is 5.32 Å². The topological polar surface area (TPSA) is 63.2 Å². The van der Waals surface area contributed by atoms with Crippen molar-refractivity contribution in [2.45, 2.75) is 50.7 Å². The van der Waals surface area contributed by atoms with Crippen molar-refractivity contribution in [3.63, 3.8) is 0 Å². The Morgan fingerprint density at radius 1 is 1.00 bits per heavy atom. The van der Waals surface area contributed by atoms with Gasteiger partial charge in [0.05, 0.1) is 5.25 Å². The molecule has 0 heterocycles. The van der Waals surface area contributed by atoms with Crippen molar-refractivity contribution in [3.05, 3.63) is 48.0 Å². The van der Waals surface area contributed by atoms with Gasteiger partial charge < -0.3 is 5.32 Å². The molecule has 0 saturated carbocycles. The number of benzene rings is 2. The van der Waals surface area contributed by atoms with Gasteiger partial charge in [-0.1, -0.05) is 42.5 Å². The fourth-order valence-corrected chi connectivity index (χ4v) is 3.87. The van der Waals surface area contributed by atoms with Crippen LogP contribution in [-0.4, -0.2) is 30.9 Å². The third-order valence-corrected chi connectivity index (χ3v) is 6.78. The maximum absolute atomic E-state index is 12.2. The fraction of sp³-hybridized carbons (Fsp3) is 0.421. The summed E-state index contributed by atoms with van der Waals surface area (Å²) >= 11 is 0. The first-order valence-corrected chi connectivity index (χ1v) is 9.83. The molecular formula is C19H25NO3S. The summed E-state index contributed by atoms with van der Waals surface area (Å²) in [6.45, 7) is 6.53. The van der Waals surface area contributed by atoms with Crippen LogP contribution in [0.5, 0.6) is 0 Å². The predicted molar refractivity (Wildman–Crippen MR) is 98.8 cm³/mol. The number of nitrogens with one attached hydrogen (secondary N) is 1. The minimum atomic E-state index is -3.44. The minimum absolute atomic E-state index is 0.136. The third kappa shape index (κ3) is 4.15. The van der Waals surface area contributed by atoms with Gasteiger partial charge >= 0.3 is 0 Å². The zero-order valence-corrected chi connectivity index (χ0v) is 15.4. The molecule has 0 unspecified atom stereocenters. The molecule has 2 rings (SSSR count). The molecule has 0 radical (unpaired) electrons. The first kappa shape index (κ1) is 18.5. The van der Waals surface area contributed by atoms with Crippen molar-refractivity contribution >= 4 is 26.5 Å². The maximum atomic E-state index is 12.2. The van der Waals surface area contributed by atoms with Crippen molar-refractivity contribution < 1.29 is 13.2 Å². The molecule has 0 aliphatic heterocycles. The Bertz CT molecular complexity index is 827. The molecule has 0 fully saturated rings. The molecule has 130 valence electrons. The number of rotatable bonds is 6. The molecule has 0 bridgehead atoms. The molecule has 4 nitrogen and oxygen atoms in total. The van der Waals surface area contributed by atoms with Crippen molar-refractivity contribution in [1.29, 1.82) is 0 Å². The van der Waals surface area contributed by atoms with Gasteiger partial charge in [-0.15, -0.1) is 0 Å². The van der Waals surface area contributed by atoms with Gasteiger partial charge in [-0.05, 0) is 50.5 Å². The van der Waals surface area contributed by atoms with Crippen LogP contribution in [0.2, 0.25) is 0 Å². The summed E-state index contributed by atoms with van der Waals surface area (Å²) in [5.74, 6) is -0.433. The van der Waals surface area contributed by atoms with Crippen LogP contribution in [0.25, 0.3) is 10.8 Å². The highest BCUT2D eigenvalue weighted by Gasteiger charge is 2.31.